The maximum atomic E-state index is 12.6. The summed E-state index contributed by atoms with van der Waals surface area (Å²) in [4.78, 5) is 30.5. The van der Waals surface area contributed by atoms with Gasteiger partial charge in [-0.25, -0.2) is 19.0 Å². The van der Waals surface area contributed by atoms with Crippen LogP contribution >= 0.6 is 0 Å². The van der Waals surface area contributed by atoms with Crippen LogP contribution in [0.3, 0.4) is 0 Å². The molecule has 0 bridgehead atoms. The third-order valence-electron chi connectivity index (χ3n) is 5.18. The first-order valence-corrected chi connectivity index (χ1v) is 9.27. The van der Waals surface area contributed by atoms with E-state index in [-0.39, 0.29) is 11.6 Å². The Balaban J connectivity index is 1.57. The SMILES string of the molecule is Cn1nc(C2CCN(c3cc(C(N)=O)ccn3)CC2)n(-c2ccccc2)c1=O. The van der Waals surface area contributed by atoms with Crippen LogP contribution in [0.2, 0.25) is 0 Å². The number of para-hydroxylation sites is 1. The van der Waals surface area contributed by atoms with E-state index in [9.17, 15) is 9.59 Å². The largest absolute Gasteiger partial charge is 0.366 e. The number of nitrogens with zero attached hydrogens (tertiary/aromatic N) is 5. The fraction of sp³-hybridized carbons (Fsp3) is 0.300. The second-order valence-corrected chi connectivity index (χ2v) is 6.96. The number of benzene rings is 1. The Labute approximate surface area is 162 Å². The molecule has 1 amide bonds. The van der Waals surface area contributed by atoms with Gasteiger partial charge in [0.25, 0.3) is 0 Å². The molecule has 2 aromatic heterocycles. The number of rotatable bonds is 4. The van der Waals surface area contributed by atoms with Gasteiger partial charge < -0.3 is 10.6 Å². The van der Waals surface area contributed by atoms with Gasteiger partial charge in [-0.1, -0.05) is 18.2 Å². The second kappa shape index (κ2) is 7.30. The highest BCUT2D eigenvalue weighted by Crippen LogP contribution is 2.29. The monoisotopic (exact) mass is 378 g/mol. The van der Waals surface area contributed by atoms with Crippen molar-refractivity contribution in [3.63, 3.8) is 0 Å². The van der Waals surface area contributed by atoms with Gasteiger partial charge in [-0.2, -0.15) is 5.10 Å². The standard InChI is InChI=1S/C20H22N6O2/c1-24-20(28)26(16-5-3-2-4-6-16)19(23-24)14-8-11-25(12-9-14)17-13-15(18(21)27)7-10-22-17/h2-7,10,13-14H,8-9,11-12H2,1H3,(H2,21,27). The first kappa shape index (κ1) is 18.0. The van der Waals surface area contributed by atoms with Crippen molar-refractivity contribution in [3.8, 4) is 5.69 Å². The molecule has 1 aliphatic rings. The topological polar surface area (TPSA) is 99.0 Å². The third-order valence-corrected chi connectivity index (χ3v) is 5.18. The van der Waals surface area contributed by atoms with Crippen LogP contribution in [0.4, 0.5) is 5.82 Å². The number of hydrogen-bond acceptors (Lipinski definition) is 5. The Morgan fingerprint density at radius 2 is 1.86 bits per heavy atom. The third kappa shape index (κ3) is 3.28. The van der Waals surface area contributed by atoms with E-state index in [1.807, 2.05) is 30.3 Å². The van der Waals surface area contributed by atoms with Crippen molar-refractivity contribution in [1.82, 2.24) is 19.3 Å². The fourth-order valence-corrected chi connectivity index (χ4v) is 3.68. The number of aromatic nitrogens is 4. The molecule has 3 heterocycles. The van der Waals surface area contributed by atoms with E-state index < -0.39 is 5.91 Å². The lowest BCUT2D eigenvalue weighted by molar-refractivity contribution is 0.1000. The van der Waals surface area contributed by atoms with Crippen molar-refractivity contribution in [2.75, 3.05) is 18.0 Å². The number of piperidine rings is 1. The van der Waals surface area contributed by atoms with Crippen molar-refractivity contribution in [2.45, 2.75) is 18.8 Å². The molecule has 3 aromatic rings. The highest BCUT2D eigenvalue weighted by molar-refractivity contribution is 5.93. The molecule has 1 aliphatic heterocycles. The lowest BCUT2D eigenvalue weighted by Gasteiger charge is -2.32. The van der Waals surface area contributed by atoms with Crippen LogP contribution in [-0.4, -0.2) is 38.3 Å². The summed E-state index contributed by atoms with van der Waals surface area (Å²) in [5, 5.41) is 4.52. The average Bonchev–Trinajstić information content (AvgIpc) is 3.03. The van der Waals surface area contributed by atoms with Gasteiger partial charge in [0.05, 0.1) is 5.69 Å². The molecule has 1 saturated heterocycles. The predicted octanol–water partition coefficient (Wildman–Crippen LogP) is 1.45. The van der Waals surface area contributed by atoms with Gasteiger partial charge in [0.2, 0.25) is 5.91 Å². The number of primary amides is 1. The van der Waals surface area contributed by atoms with Crippen LogP contribution in [0.5, 0.6) is 0 Å². The van der Waals surface area contributed by atoms with Crippen molar-refractivity contribution in [1.29, 1.82) is 0 Å². The van der Waals surface area contributed by atoms with Gasteiger partial charge in [0.1, 0.15) is 11.6 Å². The lowest BCUT2D eigenvalue weighted by atomic mass is 9.95. The van der Waals surface area contributed by atoms with Crippen LogP contribution in [0.15, 0.2) is 53.5 Å². The summed E-state index contributed by atoms with van der Waals surface area (Å²) < 4.78 is 3.10. The number of hydrogen-bond donors (Lipinski definition) is 1. The van der Waals surface area contributed by atoms with Crippen molar-refractivity contribution in [3.05, 3.63) is 70.5 Å². The minimum Gasteiger partial charge on any atom is -0.366 e. The smallest absolute Gasteiger partial charge is 0.350 e. The van der Waals surface area contributed by atoms with Gasteiger partial charge in [0, 0.05) is 37.8 Å². The molecule has 1 aromatic carbocycles. The van der Waals surface area contributed by atoms with Gasteiger partial charge in [-0.3, -0.25) is 4.79 Å². The van der Waals surface area contributed by atoms with E-state index in [2.05, 4.69) is 15.0 Å². The summed E-state index contributed by atoms with van der Waals surface area (Å²) in [5.74, 6) is 1.25. The number of aryl methyl sites for hydroxylation is 1. The van der Waals surface area contributed by atoms with E-state index >= 15 is 0 Å². The molecule has 0 atom stereocenters. The summed E-state index contributed by atoms with van der Waals surface area (Å²) >= 11 is 0. The number of anilines is 1. The maximum Gasteiger partial charge on any atom is 0.350 e. The number of carbonyl (C=O) groups excluding carboxylic acids is 1. The lowest BCUT2D eigenvalue weighted by Crippen LogP contribution is -2.34. The molecule has 0 radical (unpaired) electrons. The fourth-order valence-electron chi connectivity index (χ4n) is 3.68. The minimum absolute atomic E-state index is 0.139. The van der Waals surface area contributed by atoms with Crippen LogP contribution in [0.25, 0.3) is 5.69 Å². The Hall–Kier alpha value is -3.42. The summed E-state index contributed by atoms with van der Waals surface area (Å²) in [5.41, 5.74) is 6.51. The minimum atomic E-state index is -0.459. The molecule has 1 fully saturated rings. The Morgan fingerprint density at radius 1 is 1.14 bits per heavy atom. The molecule has 0 spiro atoms. The van der Waals surface area contributed by atoms with Gasteiger partial charge >= 0.3 is 5.69 Å². The molecule has 144 valence electrons. The van der Waals surface area contributed by atoms with E-state index in [0.29, 0.717) is 5.56 Å². The van der Waals surface area contributed by atoms with Gasteiger partial charge in [-0.15, -0.1) is 0 Å². The quantitative estimate of drug-likeness (QED) is 0.741. The number of carbonyl (C=O) groups is 1. The van der Waals surface area contributed by atoms with Crippen molar-refractivity contribution < 1.29 is 4.79 Å². The molecule has 2 N–H and O–H groups in total. The molecule has 0 unspecified atom stereocenters. The molecule has 8 nitrogen and oxygen atoms in total. The van der Waals surface area contributed by atoms with Crippen molar-refractivity contribution >= 4 is 11.7 Å². The van der Waals surface area contributed by atoms with E-state index in [0.717, 1.165) is 43.3 Å². The molecular weight excluding hydrogens is 356 g/mol. The summed E-state index contributed by atoms with van der Waals surface area (Å²) in [7, 11) is 1.68. The summed E-state index contributed by atoms with van der Waals surface area (Å²) in [6.07, 6.45) is 3.28. The van der Waals surface area contributed by atoms with Crippen LogP contribution in [-0.2, 0) is 7.05 Å². The normalized spacial score (nSPS) is 15.0. The second-order valence-electron chi connectivity index (χ2n) is 6.96. The van der Waals surface area contributed by atoms with Crippen LogP contribution in [0, 0.1) is 0 Å². The van der Waals surface area contributed by atoms with Crippen molar-refractivity contribution in [2.24, 2.45) is 12.8 Å². The van der Waals surface area contributed by atoms with Crippen LogP contribution in [0.1, 0.15) is 34.9 Å². The highest BCUT2D eigenvalue weighted by Gasteiger charge is 2.27. The molecule has 0 saturated carbocycles. The molecule has 28 heavy (non-hydrogen) atoms. The van der Waals surface area contributed by atoms with E-state index in [4.69, 9.17) is 5.73 Å². The molecule has 4 rings (SSSR count). The zero-order valence-electron chi connectivity index (χ0n) is 15.7. The first-order valence-electron chi connectivity index (χ1n) is 9.27. The maximum absolute atomic E-state index is 12.6. The zero-order valence-corrected chi connectivity index (χ0v) is 15.7. The van der Waals surface area contributed by atoms with Crippen LogP contribution < -0.4 is 16.3 Å². The Morgan fingerprint density at radius 3 is 2.54 bits per heavy atom. The average molecular weight is 378 g/mol. The van der Waals surface area contributed by atoms with Gasteiger partial charge in [0.15, 0.2) is 0 Å². The summed E-state index contributed by atoms with van der Waals surface area (Å²) in [6.45, 7) is 1.53. The Bertz CT molecular complexity index is 1050. The molecular formula is C20H22N6O2. The van der Waals surface area contributed by atoms with E-state index in [1.165, 1.54) is 4.68 Å². The summed E-state index contributed by atoms with van der Waals surface area (Å²) in [6, 6.07) is 12.9. The highest BCUT2D eigenvalue weighted by atomic mass is 16.2. The predicted molar refractivity (Wildman–Crippen MR) is 106 cm³/mol. The van der Waals surface area contributed by atoms with E-state index in [1.54, 1.807) is 29.9 Å². The number of amides is 1. The number of nitrogens with two attached hydrogens (primary N) is 1. The molecule has 8 heteroatoms. The number of pyridine rings is 1. The first-order chi connectivity index (χ1) is 13.5. The zero-order chi connectivity index (χ0) is 19.7. The van der Waals surface area contributed by atoms with Gasteiger partial charge in [-0.05, 0) is 37.1 Å². The Kier molecular flexibility index (Phi) is 4.68. The molecule has 0 aliphatic carbocycles.